The SMILES string of the molecule is O=C(NCCc1cnn(-c2ccccc2)c1)[C@H]1CC(=O)N(Cc2ccco2)C1. The molecule has 0 saturated carbocycles. The quantitative estimate of drug-likeness (QED) is 0.683. The molecule has 28 heavy (non-hydrogen) atoms. The monoisotopic (exact) mass is 378 g/mol. The van der Waals surface area contributed by atoms with E-state index in [9.17, 15) is 9.59 Å². The Morgan fingerprint density at radius 3 is 2.86 bits per heavy atom. The molecule has 3 aromatic rings. The van der Waals surface area contributed by atoms with Crippen molar-refractivity contribution in [3.63, 3.8) is 0 Å². The van der Waals surface area contributed by atoms with Crippen molar-refractivity contribution in [3.8, 4) is 5.69 Å². The molecule has 0 aliphatic carbocycles. The number of nitrogens with zero attached hydrogens (tertiary/aromatic N) is 3. The maximum absolute atomic E-state index is 12.4. The van der Waals surface area contributed by atoms with Crippen molar-refractivity contribution in [1.82, 2.24) is 20.0 Å². The summed E-state index contributed by atoms with van der Waals surface area (Å²) in [7, 11) is 0. The van der Waals surface area contributed by atoms with Gasteiger partial charge in [-0.05, 0) is 36.2 Å². The van der Waals surface area contributed by atoms with Gasteiger partial charge < -0.3 is 14.6 Å². The zero-order chi connectivity index (χ0) is 19.3. The normalized spacial score (nSPS) is 16.5. The Kier molecular flexibility index (Phi) is 5.23. The van der Waals surface area contributed by atoms with Crippen LogP contribution < -0.4 is 5.32 Å². The number of amides is 2. The number of carbonyl (C=O) groups excluding carboxylic acids is 2. The minimum Gasteiger partial charge on any atom is -0.467 e. The van der Waals surface area contributed by atoms with Crippen LogP contribution in [0.3, 0.4) is 0 Å². The van der Waals surface area contributed by atoms with Crippen LogP contribution in [0, 0.1) is 5.92 Å². The van der Waals surface area contributed by atoms with Crippen LogP contribution >= 0.6 is 0 Å². The second-order valence-corrected chi connectivity index (χ2v) is 6.92. The number of benzene rings is 1. The number of hydrogen-bond donors (Lipinski definition) is 1. The van der Waals surface area contributed by atoms with E-state index >= 15 is 0 Å². The fourth-order valence-corrected chi connectivity index (χ4v) is 3.38. The Bertz CT molecular complexity index is 934. The third-order valence-corrected chi connectivity index (χ3v) is 4.88. The highest BCUT2D eigenvalue weighted by molar-refractivity contribution is 5.89. The number of para-hydroxylation sites is 1. The summed E-state index contributed by atoms with van der Waals surface area (Å²) in [4.78, 5) is 26.2. The number of likely N-dealkylation sites (tertiary alicyclic amines) is 1. The van der Waals surface area contributed by atoms with Crippen LogP contribution in [0.1, 0.15) is 17.7 Å². The Labute approximate surface area is 162 Å². The standard InChI is InChI=1S/C21H22N4O3/c26-20-11-17(14-24(20)15-19-7-4-10-28-19)21(27)22-9-8-16-12-23-25(13-16)18-5-2-1-3-6-18/h1-7,10,12-13,17H,8-9,11,14-15H2,(H,22,27)/t17-/m0/s1. The zero-order valence-electron chi connectivity index (χ0n) is 15.5. The molecule has 1 saturated heterocycles. The van der Waals surface area contributed by atoms with E-state index in [-0.39, 0.29) is 24.2 Å². The van der Waals surface area contributed by atoms with Crippen molar-refractivity contribution in [1.29, 1.82) is 0 Å². The van der Waals surface area contributed by atoms with E-state index in [1.54, 1.807) is 17.2 Å². The number of nitrogens with one attached hydrogen (secondary N) is 1. The Hall–Kier alpha value is -3.35. The minimum atomic E-state index is -0.311. The van der Waals surface area contributed by atoms with Gasteiger partial charge in [0.15, 0.2) is 0 Å². The molecule has 144 valence electrons. The summed E-state index contributed by atoms with van der Waals surface area (Å²) in [5, 5.41) is 7.30. The molecule has 2 amide bonds. The van der Waals surface area contributed by atoms with Gasteiger partial charge in [0.05, 0.1) is 30.6 Å². The molecule has 1 aliphatic heterocycles. The van der Waals surface area contributed by atoms with E-state index < -0.39 is 0 Å². The average Bonchev–Trinajstić information content (AvgIpc) is 3.45. The van der Waals surface area contributed by atoms with Crippen molar-refractivity contribution >= 4 is 11.8 Å². The molecule has 1 aliphatic rings. The number of aromatic nitrogens is 2. The molecule has 0 radical (unpaired) electrons. The summed E-state index contributed by atoms with van der Waals surface area (Å²) in [5.74, 6) is 0.325. The highest BCUT2D eigenvalue weighted by atomic mass is 16.3. The predicted molar refractivity (Wildman–Crippen MR) is 103 cm³/mol. The molecule has 3 heterocycles. The number of carbonyl (C=O) groups is 2. The third-order valence-electron chi connectivity index (χ3n) is 4.88. The van der Waals surface area contributed by atoms with Crippen molar-refractivity contribution in [3.05, 3.63) is 72.4 Å². The van der Waals surface area contributed by atoms with E-state index in [0.717, 1.165) is 17.0 Å². The van der Waals surface area contributed by atoms with Gasteiger partial charge in [-0.1, -0.05) is 18.2 Å². The number of hydrogen-bond acceptors (Lipinski definition) is 4. The van der Waals surface area contributed by atoms with Gasteiger partial charge in [0.1, 0.15) is 5.76 Å². The lowest BCUT2D eigenvalue weighted by Crippen LogP contribution is -2.34. The molecule has 0 unspecified atom stereocenters. The first-order valence-electron chi connectivity index (χ1n) is 9.36. The van der Waals surface area contributed by atoms with Gasteiger partial charge in [-0.2, -0.15) is 5.10 Å². The fraction of sp³-hybridized carbons (Fsp3) is 0.286. The van der Waals surface area contributed by atoms with Gasteiger partial charge in [0, 0.05) is 25.7 Å². The first-order chi connectivity index (χ1) is 13.7. The molecule has 2 aromatic heterocycles. The molecule has 4 rings (SSSR count). The van der Waals surface area contributed by atoms with E-state index in [2.05, 4.69) is 10.4 Å². The van der Waals surface area contributed by atoms with Gasteiger partial charge in [0.2, 0.25) is 11.8 Å². The molecule has 1 atom stereocenters. The molecular formula is C21H22N4O3. The summed E-state index contributed by atoms with van der Waals surface area (Å²) in [6, 6.07) is 13.5. The summed E-state index contributed by atoms with van der Waals surface area (Å²) in [6.07, 6.45) is 6.29. The maximum atomic E-state index is 12.4. The van der Waals surface area contributed by atoms with Crippen molar-refractivity contribution in [2.45, 2.75) is 19.4 Å². The Morgan fingerprint density at radius 1 is 1.21 bits per heavy atom. The molecule has 7 heteroatoms. The van der Waals surface area contributed by atoms with Crippen LogP contribution in [0.2, 0.25) is 0 Å². The molecule has 1 aromatic carbocycles. The zero-order valence-corrected chi connectivity index (χ0v) is 15.5. The van der Waals surface area contributed by atoms with Crippen LogP contribution in [0.25, 0.3) is 5.69 Å². The third kappa shape index (κ3) is 4.14. The fourth-order valence-electron chi connectivity index (χ4n) is 3.38. The van der Waals surface area contributed by atoms with Gasteiger partial charge >= 0.3 is 0 Å². The first-order valence-corrected chi connectivity index (χ1v) is 9.36. The smallest absolute Gasteiger partial charge is 0.225 e. The van der Waals surface area contributed by atoms with E-state index in [1.165, 1.54) is 0 Å². The highest BCUT2D eigenvalue weighted by Crippen LogP contribution is 2.20. The topological polar surface area (TPSA) is 80.4 Å². The highest BCUT2D eigenvalue weighted by Gasteiger charge is 2.34. The van der Waals surface area contributed by atoms with Crippen LogP contribution in [0.4, 0.5) is 0 Å². The summed E-state index contributed by atoms with van der Waals surface area (Å²) in [5.41, 5.74) is 2.05. The van der Waals surface area contributed by atoms with Crippen LogP contribution in [-0.2, 0) is 22.6 Å². The second kappa shape index (κ2) is 8.12. The molecule has 1 fully saturated rings. The number of rotatable bonds is 7. The second-order valence-electron chi connectivity index (χ2n) is 6.92. The van der Waals surface area contributed by atoms with Crippen LogP contribution in [-0.4, -0.2) is 39.6 Å². The summed E-state index contributed by atoms with van der Waals surface area (Å²) >= 11 is 0. The van der Waals surface area contributed by atoms with Gasteiger partial charge in [-0.25, -0.2) is 4.68 Å². The van der Waals surface area contributed by atoms with E-state index in [4.69, 9.17) is 4.42 Å². The maximum Gasteiger partial charge on any atom is 0.225 e. The predicted octanol–water partition coefficient (Wildman–Crippen LogP) is 2.17. The van der Waals surface area contributed by atoms with E-state index in [0.29, 0.717) is 26.1 Å². The summed E-state index contributed by atoms with van der Waals surface area (Å²) < 4.78 is 7.10. The van der Waals surface area contributed by atoms with Gasteiger partial charge in [-0.3, -0.25) is 9.59 Å². The first kappa shape index (κ1) is 18.0. The lowest BCUT2D eigenvalue weighted by Gasteiger charge is -2.15. The van der Waals surface area contributed by atoms with E-state index in [1.807, 2.05) is 53.5 Å². The largest absolute Gasteiger partial charge is 0.467 e. The van der Waals surface area contributed by atoms with Gasteiger partial charge in [-0.15, -0.1) is 0 Å². The van der Waals surface area contributed by atoms with Crippen molar-refractivity contribution < 1.29 is 14.0 Å². The molecule has 0 spiro atoms. The molecular weight excluding hydrogens is 356 g/mol. The van der Waals surface area contributed by atoms with Gasteiger partial charge in [0.25, 0.3) is 0 Å². The van der Waals surface area contributed by atoms with Crippen LogP contribution in [0.5, 0.6) is 0 Å². The Morgan fingerprint density at radius 2 is 2.07 bits per heavy atom. The van der Waals surface area contributed by atoms with Crippen LogP contribution in [0.15, 0.2) is 65.5 Å². The van der Waals surface area contributed by atoms with Crippen molar-refractivity contribution in [2.75, 3.05) is 13.1 Å². The molecule has 1 N–H and O–H groups in total. The lowest BCUT2D eigenvalue weighted by atomic mass is 10.1. The summed E-state index contributed by atoms with van der Waals surface area (Å²) in [6.45, 7) is 1.35. The minimum absolute atomic E-state index is 0.0133. The molecule has 7 nitrogen and oxygen atoms in total. The number of furan rings is 1. The molecule has 0 bridgehead atoms. The Balaban J connectivity index is 1.25. The lowest BCUT2D eigenvalue weighted by molar-refractivity contribution is -0.129. The van der Waals surface area contributed by atoms with Crippen molar-refractivity contribution in [2.24, 2.45) is 5.92 Å². The average molecular weight is 378 g/mol.